The molecule has 3 rings (SSSR count). The minimum absolute atomic E-state index is 0.232. The number of rotatable bonds is 1. The fourth-order valence-electron chi connectivity index (χ4n) is 1.89. The molecular weight excluding hydrogens is 249 g/mol. The van der Waals surface area contributed by atoms with E-state index < -0.39 is 17.1 Å². The van der Waals surface area contributed by atoms with Gasteiger partial charge in [0.15, 0.2) is 0 Å². The number of para-hydroxylation sites is 1. The number of benzene rings is 2. The maximum atomic E-state index is 12.9. The van der Waals surface area contributed by atoms with E-state index in [1.807, 2.05) is 0 Å². The molecule has 0 fully saturated rings. The minimum Gasteiger partial charge on any atom is -0.409 e. The van der Waals surface area contributed by atoms with Crippen LogP contribution in [-0.2, 0) is 0 Å². The van der Waals surface area contributed by atoms with Crippen LogP contribution in [0.4, 0.5) is 4.39 Å². The lowest BCUT2D eigenvalue weighted by atomic mass is 10.2. The van der Waals surface area contributed by atoms with Gasteiger partial charge >= 0.3 is 5.76 Å². The van der Waals surface area contributed by atoms with Crippen LogP contribution >= 0.6 is 0 Å². The SMILES string of the molecule is O=c1oc2ccccc2c(=O)n1-c1ccc(F)cc1. The van der Waals surface area contributed by atoms with Crippen LogP contribution in [0.25, 0.3) is 16.7 Å². The highest BCUT2D eigenvalue weighted by Gasteiger charge is 2.10. The first-order valence-electron chi connectivity index (χ1n) is 5.58. The van der Waals surface area contributed by atoms with E-state index in [-0.39, 0.29) is 11.3 Å². The summed E-state index contributed by atoms with van der Waals surface area (Å²) in [5.41, 5.74) is 0.0141. The number of aromatic nitrogens is 1. The van der Waals surface area contributed by atoms with Gasteiger partial charge in [-0.25, -0.2) is 13.8 Å². The zero-order chi connectivity index (χ0) is 13.4. The Morgan fingerprint density at radius 3 is 2.37 bits per heavy atom. The number of halogens is 1. The number of hydrogen-bond donors (Lipinski definition) is 0. The lowest BCUT2D eigenvalue weighted by molar-refractivity contribution is 0.503. The molecule has 0 amide bonds. The average molecular weight is 257 g/mol. The van der Waals surface area contributed by atoms with E-state index in [0.717, 1.165) is 4.57 Å². The van der Waals surface area contributed by atoms with Crippen LogP contribution in [0.5, 0.6) is 0 Å². The summed E-state index contributed by atoms with van der Waals surface area (Å²) in [5.74, 6) is -1.24. The Balaban J connectivity index is 2.39. The first kappa shape index (κ1) is 11.4. The predicted molar refractivity (Wildman–Crippen MR) is 68.0 cm³/mol. The molecule has 0 saturated heterocycles. The topological polar surface area (TPSA) is 52.2 Å². The maximum absolute atomic E-state index is 12.9. The molecule has 5 heteroatoms. The van der Waals surface area contributed by atoms with E-state index in [0.29, 0.717) is 5.39 Å². The third-order valence-electron chi connectivity index (χ3n) is 2.79. The highest BCUT2D eigenvalue weighted by atomic mass is 19.1. The predicted octanol–water partition coefficient (Wildman–Crippen LogP) is 2.08. The van der Waals surface area contributed by atoms with Crippen LogP contribution < -0.4 is 11.3 Å². The molecule has 0 unspecified atom stereocenters. The molecule has 0 aliphatic rings. The standard InChI is InChI=1S/C14H8FNO3/c15-9-5-7-10(8-6-9)16-13(17)11-3-1-2-4-12(11)19-14(16)18/h1-8H. The van der Waals surface area contributed by atoms with Gasteiger partial charge in [0, 0.05) is 0 Å². The van der Waals surface area contributed by atoms with Crippen LogP contribution in [0.3, 0.4) is 0 Å². The molecule has 0 aliphatic heterocycles. The molecule has 0 atom stereocenters. The van der Waals surface area contributed by atoms with Crippen molar-refractivity contribution in [3.8, 4) is 5.69 Å². The van der Waals surface area contributed by atoms with Gasteiger partial charge in [0.1, 0.15) is 11.4 Å². The second-order valence-electron chi connectivity index (χ2n) is 3.98. The molecule has 94 valence electrons. The summed E-state index contributed by atoms with van der Waals surface area (Å²) in [6.07, 6.45) is 0. The summed E-state index contributed by atoms with van der Waals surface area (Å²) >= 11 is 0. The Morgan fingerprint density at radius 1 is 0.947 bits per heavy atom. The van der Waals surface area contributed by atoms with Crippen molar-refractivity contribution in [1.29, 1.82) is 0 Å². The van der Waals surface area contributed by atoms with Gasteiger partial charge in [0.2, 0.25) is 0 Å². The van der Waals surface area contributed by atoms with Crippen molar-refractivity contribution < 1.29 is 8.81 Å². The van der Waals surface area contributed by atoms with Crippen molar-refractivity contribution in [3.63, 3.8) is 0 Å². The van der Waals surface area contributed by atoms with Crippen molar-refractivity contribution in [2.24, 2.45) is 0 Å². The Labute approximate surface area is 106 Å². The Bertz CT molecular complexity index is 862. The van der Waals surface area contributed by atoms with Gasteiger partial charge in [0.05, 0.1) is 11.1 Å². The lowest BCUT2D eigenvalue weighted by Crippen LogP contribution is -2.30. The third kappa shape index (κ3) is 1.85. The highest BCUT2D eigenvalue weighted by Crippen LogP contribution is 2.09. The van der Waals surface area contributed by atoms with Crippen LogP contribution in [0.2, 0.25) is 0 Å². The highest BCUT2D eigenvalue weighted by molar-refractivity contribution is 5.75. The van der Waals surface area contributed by atoms with E-state index in [9.17, 15) is 14.0 Å². The lowest BCUT2D eigenvalue weighted by Gasteiger charge is -2.04. The molecule has 0 aliphatic carbocycles. The Morgan fingerprint density at radius 2 is 1.63 bits per heavy atom. The van der Waals surface area contributed by atoms with Crippen molar-refractivity contribution in [1.82, 2.24) is 4.57 Å². The van der Waals surface area contributed by atoms with Crippen molar-refractivity contribution in [3.05, 3.63) is 75.3 Å². The van der Waals surface area contributed by atoms with Crippen LogP contribution in [0.1, 0.15) is 0 Å². The van der Waals surface area contributed by atoms with Gasteiger partial charge in [-0.3, -0.25) is 4.79 Å². The third-order valence-corrected chi connectivity index (χ3v) is 2.79. The summed E-state index contributed by atoms with van der Waals surface area (Å²) < 4.78 is 18.8. The number of hydrogen-bond acceptors (Lipinski definition) is 3. The number of nitrogens with zero attached hydrogens (tertiary/aromatic N) is 1. The normalized spacial score (nSPS) is 10.8. The fraction of sp³-hybridized carbons (Fsp3) is 0. The van der Waals surface area contributed by atoms with Gasteiger partial charge < -0.3 is 4.42 Å². The molecule has 0 bridgehead atoms. The second-order valence-corrected chi connectivity index (χ2v) is 3.98. The minimum atomic E-state index is -0.796. The van der Waals surface area contributed by atoms with E-state index >= 15 is 0 Å². The molecular formula is C14H8FNO3. The molecule has 4 nitrogen and oxygen atoms in total. The molecule has 3 aromatic rings. The average Bonchev–Trinajstić information content (AvgIpc) is 2.41. The molecule has 1 heterocycles. The molecule has 2 aromatic carbocycles. The summed E-state index contributed by atoms with van der Waals surface area (Å²) in [7, 11) is 0. The quantitative estimate of drug-likeness (QED) is 0.670. The van der Waals surface area contributed by atoms with Crippen molar-refractivity contribution in [2.45, 2.75) is 0 Å². The first-order valence-corrected chi connectivity index (χ1v) is 5.58. The molecule has 0 radical (unpaired) electrons. The number of fused-ring (bicyclic) bond motifs is 1. The Hall–Kier alpha value is -2.69. The molecule has 0 N–H and O–H groups in total. The van der Waals surface area contributed by atoms with E-state index in [4.69, 9.17) is 4.42 Å². The van der Waals surface area contributed by atoms with Crippen LogP contribution in [0, 0.1) is 5.82 Å². The van der Waals surface area contributed by atoms with Gasteiger partial charge in [0.25, 0.3) is 5.56 Å². The molecule has 0 saturated carbocycles. The molecule has 19 heavy (non-hydrogen) atoms. The van der Waals surface area contributed by atoms with Crippen molar-refractivity contribution >= 4 is 11.0 Å². The second kappa shape index (κ2) is 4.20. The van der Waals surface area contributed by atoms with E-state index in [1.54, 1.807) is 24.3 Å². The van der Waals surface area contributed by atoms with Gasteiger partial charge in [-0.1, -0.05) is 12.1 Å². The van der Waals surface area contributed by atoms with Crippen molar-refractivity contribution in [2.75, 3.05) is 0 Å². The fourth-order valence-corrected chi connectivity index (χ4v) is 1.89. The van der Waals surface area contributed by atoms with E-state index in [2.05, 4.69) is 0 Å². The zero-order valence-corrected chi connectivity index (χ0v) is 9.67. The monoisotopic (exact) mass is 257 g/mol. The maximum Gasteiger partial charge on any atom is 0.426 e. The largest absolute Gasteiger partial charge is 0.426 e. The Kier molecular flexibility index (Phi) is 2.52. The van der Waals surface area contributed by atoms with Gasteiger partial charge in [-0.05, 0) is 36.4 Å². The van der Waals surface area contributed by atoms with Crippen LogP contribution in [0.15, 0.2) is 62.5 Å². The summed E-state index contributed by atoms with van der Waals surface area (Å²) in [6.45, 7) is 0. The molecule has 0 spiro atoms. The van der Waals surface area contributed by atoms with Gasteiger partial charge in [-0.15, -0.1) is 0 Å². The summed E-state index contributed by atoms with van der Waals surface area (Å²) in [4.78, 5) is 24.1. The van der Waals surface area contributed by atoms with Crippen LogP contribution in [-0.4, -0.2) is 4.57 Å². The summed E-state index contributed by atoms with van der Waals surface area (Å²) in [5, 5.41) is 0.298. The van der Waals surface area contributed by atoms with Gasteiger partial charge in [-0.2, -0.15) is 0 Å². The zero-order valence-electron chi connectivity index (χ0n) is 9.67. The first-order chi connectivity index (χ1) is 9.16. The smallest absolute Gasteiger partial charge is 0.409 e. The summed E-state index contributed by atoms with van der Waals surface area (Å²) in [6, 6.07) is 11.5. The molecule has 1 aromatic heterocycles. The van der Waals surface area contributed by atoms with E-state index in [1.165, 1.54) is 24.3 Å².